The van der Waals surface area contributed by atoms with E-state index in [0.717, 1.165) is 0 Å². The summed E-state index contributed by atoms with van der Waals surface area (Å²) < 4.78 is 0. The molecule has 0 aliphatic rings. The first kappa shape index (κ1) is 12.3. The number of halogens is 1. The molecule has 2 aromatic carbocycles. The highest BCUT2D eigenvalue weighted by Gasteiger charge is 2.11. The summed E-state index contributed by atoms with van der Waals surface area (Å²) in [5.41, 5.74) is 8.30. The molecule has 4 nitrogen and oxygen atoms in total. The van der Waals surface area contributed by atoms with Crippen LogP contribution in [0.1, 0.15) is 10.4 Å². The Hall–Kier alpha value is -2.20. The maximum atomic E-state index is 12.0. The van der Waals surface area contributed by atoms with Gasteiger partial charge in [-0.15, -0.1) is 0 Å². The van der Waals surface area contributed by atoms with Crippen LogP contribution in [0, 0.1) is 5.53 Å². The third-order valence-corrected chi connectivity index (χ3v) is 2.72. The topological polar surface area (TPSA) is 65.3 Å². The van der Waals surface area contributed by atoms with E-state index in [4.69, 9.17) is 17.1 Å². The van der Waals surface area contributed by atoms with Gasteiger partial charge in [0.15, 0.2) is 0 Å². The lowest BCUT2D eigenvalue weighted by atomic mass is 10.2. The van der Waals surface area contributed by atoms with E-state index in [1.807, 2.05) is 0 Å². The first-order valence-electron chi connectivity index (χ1n) is 5.25. The number of anilines is 1. The first-order valence-corrected chi connectivity index (χ1v) is 5.62. The number of amides is 1. The highest BCUT2D eigenvalue weighted by atomic mass is 35.5. The Balaban J connectivity index is 2.27. The number of para-hydroxylation sites is 2. The van der Waals surface area contributed by atoms with Gasteiger partial charge in [-0.3, -0.25) is 4.79 Å². The van der Waals surface area contributed by atoms with E-state index < -0.39 is 0 Å². The van der Waals surface area contributed by atoms with E-state index in [2.05, 4.69) is 10.4 Å². The second-order valence-corrected chi connectivity index (χ2v) is 3.97. The van der Waals surface area contributed by atoms with Crippen LogP contribution in [-0.4, -0.2) is 5.91 Å². The standard InChI is InChI=1S/C13H10ClN3O/c14-10-6-2-1-5-9(10)13(18)16-11-7-3-4-8-12(11)17-15/h1-8,15H,(H,16,18). The van der Waals surface area contributed by atoms with Gasteiger partial charge in [-0.1, -0.05) is 35.9 Å². The molecule has 0 aliphatic carbocycles. The largest absolute Gasteiger partial charge is 0.320 e. The van der Waals surface area contributed by atoms with Crippen LogP contribution in [0.15, 0.2) is 53.6 Å². The number of hydrogen-bond donors (Lipinski definition) is 2. The van der Waals surface area contributed by atoms with Crippen LogP contribution in [0.5, 0.6) is 0 Å². The summed E-state index contributed by atoms with van der Waals surface area (Å²) in [7, 11) is 0. The fourth-order valence-electron chi connectivity index (χ4n) is 1.51. The molecule has 2 aromatic rings. The molecule has 0 spiro atoms. The molecule has 0 heterocycles. The predicted octanol–water partition coefficient (Wildman–Crippen LogP) is 4.25. The molecular weight excluding hydrogens is 250 g/mol. The molecule has 2 N–H and O–H groups in total. The molecule has 1 amide bonds. The minimum Gasteiger partial charge on any atom is -0.320 e. The van der Waals surface area contributed by atoms with Crippen molar-refractivity contribution < 1.29 is 4.79 Å². The third kappa shape index (κ3) is 2.55. The summed E-state index contributed by atoms with van der Waals surface area (Å²) in [4.78, 5) is 12.0. The number of nitrogens with one attached hydrogen (secondary N) is 2. The molecule has 0 aliphatic heterocycles. The minimum absolute atomic E-state index is 0.322. The van der Waals surface area contributed by atoms with Crippen LogP contribution in [0.25, 0.3) is 0 Å². The van der Waals surface area contributed by atoms with Crippen molar-refractivity contribution in [2.45, 2.75) is 0 Å². The van der Waals surface area contributed by atoms with Gasteiger partial charge in [-0.05, 0) is 24.3 Å². The Morgan fingerprint density at radius 3 is 2.50 bits per heavy atom. The summed E-state index contributed by atoms with van der Waals surface area (Å²) in [5.74, 6) is -0.322. The molecule has 90 valence electrons. The molecule has 18 heavy (non-hydrogen) atoms. The lowest BCUT2D eigenvalue weighted by molar-refractivity contribution is 0.102. The second-order valence-electron chi connectivity index (χ2n) is 3.56. The number of nitrogens with zero attached hydrogens (tertiary/aromatic N) is 1. The van der Waals surface area contributed by atoms with Gasteiger partial charge in [0.1, 0.15) is 5.69 Å². The number of carbonyl (C=O) groups excluding carboxylic acids is 1. The van der Waals surface area contributed by atoms with Gasteiger partial charge < -0.3 is 5.32 Å². The van der Waals surface area contributed by atoms with Crippen molar-refractivity contribution in [2.75, 3.05) is 5.32 Å². The molecule has 0 bridgehead atoms. The molecule has 2 rings (SSSR count). The Morgan fingerprint density at radius 1 is 1.11 bits per heavy atom. The van der Waals surface area contributed by atoms with Gasteiger partial charge >= 0.3 is 0 Å². The minimum atomic E-state index is -0.322. The molecule has 0 unspecified atom stereocenters. The SMILES string of the molecule is N=Nc1ccccc1NC(=O)c1ccccc1Cl. The first-order chi connectivity index (χ1) is 8.72. The van der Waals surface area contributed by atoms with Crippen molar-refractivity contribution in [3.8, 4) is 0 Å². The average Bonchev–Trinajstić information content (AvgIpc) is 2.39. The summed E-state index contributed by atoms with van der Waals surface area (Å²) in [5, 5.41) is 6.41. The Kier molecular flexibility index (Phi) is 3.69. The smallest absolute Gasteiger partial charge is 0.257 e. The van der Waals surface area contributed by atoms with Crippen LogP contribution in [0.2, 0.25) is 5.02 Å². The molecular formula is C13H10ClN3O. The van der Waals surface area contributed by atoms with Crippen LogP contribution < -0.4 is 5.32 Å². The van der Waals surface area contributed by atoms with Crippen molar-refractivity contribution in [3.63, 3.8) is 0 Å². The van der Waals surface area contributed by atoms with Crippen LogP contribution in [-0.2, 0) is 0 Å². The molecule has 0 saturated carbocycles. The van der Waals surface area contributed by atoms with Crippen molar-refractivity contribution in [1.29, 1.82) is 5.53 Å². The summed E-state index contributed by atoms with van der Waals surface area (Å²) in [6, 6.07) is 13.6. The quantitative estimate of drug-likeness (QED) is 0.795. The van der Waals surface area contributed by atoms with E-state index in [1.54, 1.807) is 48.5 Å². The normalized spacial score (nSPS) is 9.83. The fourth-order valence-corrected chi connectivity index (χ4v) is 1.73. The van der Waals surface area contributed by atoms with Crippen LogP contribution in [0.3, 0.4) is 0 Å². The summed E-state index contributed by atoms with van der Waals surface area (Å²) >= 11 is 5.94. The van der Waals surface area contributed by atoms with Crippen LogP contribution in [0.4, 0.5) is 11.4 Å². The van der Waals surface area contributed by atoms with Gasteiger partial charge in [0, 0.05) is 0 Å². The monoisotopic (exact) mass is 259 g/mol. The maximum Gasteiger partial charge on any atom is 0.257 e. The van der Waals surface area contributed by atoms with Crippen molar-refractivity contribution >= 4 is 28.9 Å². The molecule has 0 radical (unpaired) electrons. The predicted molar refractivity (Wildman–Crippen MR) is 70.7 cm³/mol. The number of hydrogen-bond acceptors (Lipinski definition) is 3. The van der Waals surface area contributed by atoms with Gasteiger partial charge in [0.05, 0.1) is 16.3 Å². The molecule has 0 fully saturated rings. The van der Waals surface area contributed by atoms with E-state index in [0.29, 0.717) is 22.0 Å². The summed E-state index contributed by atoms with van der Waals surface area (Å²) in [6.07, 6.45) is 0. The van der Waals surface area contributed by atoms with E-state index in [1.165, 1.54) is 0 Å². The number of rotatable bonds is 3. The van der Waals surface area contributed by atoms with Gasteiger partial charge in [-0.2, -0.15) is 5.11 Å². The zero-order valence-corrected chi connectivity index (χ0v) is 10.1. The van der Waals surface area contributed by atoms with E-state index in [-0.39, 0.29) is 5.91 Å². The van der Waals surface area contributed by atoms with Gasteiger partial charge in [0.2, 0.25) is 0 Å². The number of carbonyl (C=O) groups is 1. The van der Waals surface area contributed by atoms with Crippen molar-refractivity contribution in [3.05, 3.63) is 59.1 Å². The Bertz CT molecular complexity index is 598. The zero-order valence-electron chi connectivity index (χ0n) is 9.35. The maximum absolute atomic E-state index is 12.0. The van der Waals surface area contributed by atoms with Gasteiger partial charge in [-0.25, -0.2) is 5.53 Å². The lowest BCUT2D eigenvalue weighted by Gasteiger charge is -2.08. The third-order valence-electron chi connectivity index (χ3n) is 2.39. The fraction of sp³-hybridized carbons (Fsp3) is 0. The van der Waals surface area contributed by atoms with Gasteiger partial charge in [0.25, 0.3) is 5.91 Å². The highest BCUT2D eigenvalue weighted by Crippen LogP contribution is 2.25. The molecule has 0 atom stereocenters. The lowest BCUT2D eigenvalue weighted by Crippen LogP contribution is -2.12. The summed E-state index contributed by atoms with van der Waals surface area (Å²) in [6.45, 7) is 0. The van der Waals surface area contributed by atoms with E-state index in [9.17, 15) is 4.79 Å². The molecule has 5 heteroatoms. The molecule has 0 saturated heterocycles. The Labute approximate surface area is 109 Å². The average molecular weight is 260 g/mol. The molecule has 0 aromatic heterocycles. The number of benzene rings is 2. The highest BCUT2D eigenvalue weighted by molar-refractivity contribution is 6.34. The zero-order chi connectivity index (χ0) is 13.0. The van der Waals surface area contributed by atoms with Crippen molar-refractivity contribution in [1.82, 2.24) is 0 Å². The van der Waals surface area contributed by atoms with Crippen LogP contribution >= 0.6 is 11.6 Å². The Morgan fingerprint density at radius 2 is 1.78 bits per heavy atom. The van der Waals surface area contributed by atoms with E-state index >= 15 is 0 Å². The second kappa shape index (κ2) is 5.42. The van der Waals surface area contributed by atoms with Crippen molar-refractivity contribution in [2.24, 2.45) is 5.11 Å².